The molecule has 0 fully saturated rings. The third kappa shape index (κ3) is 3.35. The highest BCUT2D eigenvalue weighted by Gasteiger charge is 2.11. The summed E-state index contributed by atoms with van der Waals surface area (Å²) in [5.74, 6) is 0.332. The molecule has 0 saturated carbocycles. The average Bonchev–Trinajstić information content (AvgIpc) is 2.41. The minimum absolute atomic E-state index is 0.0933. The van der Waals surface area contributed by atoms with Gasteiger partial charge in [-0.25, -0.2) is 0 Å². The van der Waals surface area contributed by atoms with E-state index in [4.69, 9.17) is 0 Å². The van der Waals surface area contributed by atoms with Crippen molar-refractivity contribution in [2.24, 2.45) is 0 Å². The zero-order valence-corrected chi connectivity index (χ0v) is 11.7. The lowest BCUT2D eigenvalue weighted by Gasteiger charge is -2.17. The fourth-order valence-corrected chi connectivity index (χ4v) is 2.39. The molecule has 1 unspecified atom stereocenters. The highest BCUT2D eigenvalue weighted by molar-refractivity contribution is 7.98. The van der Waals surface area contributed by atoms with Gasteiger partial charge < -0.3 is 15.5 Å². The van der Waals surface area contributed by atoms with Crippen molar-refractivity contribution >= 4 is 17.4 Å². The highest BCUT2D eigenvalue weighted by Crippen LogP contribution is 2.30. The monoisotopic (exact) mass is 275 g/mol. The number of aromatic hydroxyl groups is 2. The van der Waals surface area contributed by atoms with Crippen molar-refractivity contribution in [2.45, 2.75) is 17.9 Å². The van der Waals surface area contributed by atoms with E-state index in [1.54, 1.807) is 17.8 Å². The van der Waals surface area contributed by atoms with Gasteiger partial charge in [0.05, 0.1) is 6.04 Å². The summed E-state index contributed by atoms with van der Waals surface area (Å²) in [6.45, 7) is 1.94. The number of hydrogen-bond donors (Lipinski definition) is 3. The summed E-state index contributed by atoms with van der Waals surface area (Å²) < 4.78 is 0. The molecule has 0 bridgehead atoms. The molecular weight excluding hydrogens is 258 g/mol. The van der Waals surface area contributed by atoms with E-state index in [1.807, 2.05) is 31.4 Å². The summed E-state index contributed by atoms with van der Waals surface area (Å²) in [7, 11) is 0. The molecule has 0 aromatic heterocycles. The molecule has 2 rings (SSSR count). The van der Waals surface area contributed by atoms with Crippen LogP contribution in [0.15, 0.2) is 47.4 Å². The van der Waals surface area contributed by atoms with Gasteiger partial charge in [0.15, 0.2) is 0 Å². The van der Waals surface area contributed by atoms with E-state index < -0.39 is 0 Å². The number of nitrogens with one attached hydrogen (secondary N) is 1. The maximum Gasteiger partial charge on any atom is 0.121 e. The van der Waals surface area contributed by atoms with Crippen molar-refractivity contribution in [3.63, 3.8) is 0 Å². The van der Waals surface area contributed by atoms with E-state index in [0.717, 1.165) is 5.69 Å². The number of anilines is 1. The van der Waals surface area contributed by atoms with Crippen LogP contribution in [-0.2, 0) is 0 Å². The zero-order valence-electron chi connectivity index (χ0n) is 10.9. The Bertz CT molecular complexity index is 572. The molecule has 3 nitrogen and oxygen atoms in total. The molecule has 1 atom stereocenters. The molecule has 0 amide bonds. The summed E-state index contributed by atoms with van der Waals surface area (Å²) in [5.41, 5.74) is 1.66. The van der Waals surface area contributed by atoms with Gasteiger partial charge >= 0.3 is 0 Å². The molecule has 4 heteroatoms. The van der Waals surface area contributed by atoms with Gasteiger partial charge in [-0.1, -0.05) is 6.07 Å². The summed E-state index contributed by atoms with van der Waals surface area (Å²) in [6, 6.07) is 12.5. The van der Waals surface area contributed by atoms with E-state index in [2.05, 4.69) is 11.4 Å². The molecule has 0 aliphatic carbocycles. The molecule has 0 radical (unpaired) electrons. The third-order valence-electron chi connectivity index (χ3n) is 2.93. The third-order valence-corrected chi connectivity index (χ3v) is 3.66. The van der Waals surface area contributed by atoms with Crippen molar-refractivity contribution in [3.8, 4) is 11.5 Å². The standard InChI is InChI=1S/C15H17NO2S/c1-10(14-9-12(17)6-7-15(14)18)16-11-4-3-5-13(8-11)19-2/h3-10,16-18H,1-2H3. The smallest absolute Gasteiger partial charge is 0.121 e. The van der Waals surface area contributed by atoms with Gasteiger partial charge in [-0.2, -0.15) is 0 Å². The first-order valence-corrected chi connectivity index (χ1v) is 7.25. The van der Waals surface area contributed by atoms with Crippen LogP contribution in [0.2, 0.25) is 0 Å². The zero-order chi connectivity index (χ0) is 13.8. The Labute approximate surface area is 117 Å². The summed E-state index contributed by atoms with van der Waals surface area (Å²) in [5, 5.41) is 22.6. The molecule has 0 saturated heterocycles. The topological polar surface area (TPSA) is 52.5 Å². The van der Waals surface area contributed by atoms with Crippen molar-refractivity contribution < 1.29 is 10.2 Å². The fraction of sp³-hybridized carbons (Fsp3) is 0.200. The van der Waals surface area contributed by atoms with E-state index >= 15 is 0 Å². The number of thioether (sulfide) groups is 1. The lowest BCUT2D eigenvalue weighted by Crippen LogP contribution is -2.06. The van der Waals surface area contributed by atoms with Crippen LogP contribution < -0.4 is 5.32 Å². The van der Waals surface area contributed by atoms with E-state index in [9.17, 15) is 10.2 Å². The van der Waals surface area contributed by atoms with E-state index in [1.165, 1.54) is 17.0 Å². The Balaban J connectivity index is 2.20. The molecule has 0 aliphatic heterocycles. The van der Waals surface area contributed by atoms with Gasteiger partial charge in [-0.05, 0) is 49.6 Å². The predicted octanol–water partition coefficient (Wildman–Crippen LogP) is 3.99. The molecule has 0 spiro atoms. The maximum absolute atomic E-state index is 9.83. The molecule has 2 aromatic carbocycles. The van der Waals surface area contributed by atoms with Gasteiger partial charge in [0.2, 0.25) is 0 Å². The Morgan fingerprint density at radius 1 is 1.11 bits per heavy atom. The minimum Gasteiger partial charge on any atom is -0.508 e. The van der Waals surface area contributed by atoms with Gasteiger partial charge in [-0.3, -0.25) is 0 Å². The highest BCUT2D eigenvalue weighted by atomic mass is 32.2. The van der Waals surface area contributed by atoms with Gasteiger partial charge in [0.25, 0.3) is 0 Å². The van der Waals surface area contributed by atoms with Crippen molar-refractivity contribution in [2.75, 3.05) is 11.6 Å². The predicted molar refractivity (Wildman–Crippen MR) is 80.0 cm³/mol. The van der Waals surface area contributed by atoms with Crippen molar-refractivity contribution in [1.29, 1.82) is 0 Å². The molecular formula is C15H17NO2S. The second kappa shape index (κ2) is 5.89. The van der Waals surface area contributed by atoms with Gasteiger partial charge in [0.1, 0.15) is 11.5 Å². The van der Waals surface area contributed by atoms with E-state index in [-0.39, 0.29) is 17.5 Å². The van der Waals surface area contributed by atoms with Crippen LogP contribution >= 0.6 is 11.8 Å². The summed E-state index contributed by atoms with van der Waals surface area (Å²) in [4.78, 5) is 1.18. The van der Waals surface area contributed by atoms with Crippen molar-refractivity contribution in [3.05, 3.63) is 48.0 Å². The van der Waals surface area contributed by atoms with E-state index in [0.29, 0.717) is 5.56 Å². The van der Waals surface area contributed by atoms with Crippen molar-refractivity contribution in [1.82, 2.24) is 0 Å². The molecule has 0 aliphatic rings. The fourth-order valence-electron chi connectivity index (χ4n) is 1.93. The number of hydrogen-bond acceptors (Lipinski definition) is 4. The molecule has 0 heterocycles. The second-order valence-electron chi connectivity index (χ2n) is 4.34. The first-order chi connectivity index (χ1) is 9.10. The Morgan fingerprint density at radius 2 is 1.89 bits per heavy atom. The van der Waals surface area contributed by atoms with Crippen LogP contribution in [0.4, 0.5) is 5.69 Å². The summed E-state index contributed by atoms with van der Waals surface area (Å²) >= 11 is 1.68. The minimum atomic E-state index is -0.0933. The van der Waals surface area contributed by atoms with Crippen LogP contribution in [0.1, 0.15) is 18.5 Å². The lowest BCUT2D eigenvalue weighted by molar-refractivity contribution is 0.451. The van der Waals surface area contributed by atoms with Crippen LogP contribution in [0, 0.1) is 0 Å². The first kappa shape index (κ1) is 13.6. The van der Waals surface area contributed by atoms with Crippen LogP contribution in [0.25, 0.3) is 0 Å². The second-order valence-corrected chi connectivity index (χ2v) is 5.22. The average molecular weight is 275 g/mol. The van der Waals surface area contributed by atoms with Gasteiger partial charge in [0, 0.05) is 16.1 Å². The number of phenolic OH excluding ortho intramolecular Hbond substituents is 2. The molecule has 2 aromatic rings. The Kier molecular flexibility index (Phi) is 4.22. The maximum atomic E-state index is 9.83. The van der Waals surface area contributed by atoms with Crippen LogP contribution in [0.3, 0.4) is 0 Å². The van der Waals surface area contributed by atoms with Crippen LogP contribution in [-0.4, -0.2) is 16.5 Å². The Hall–Kier alpha value is -1.81. The number of benzene rings is 2. The number of phenols is 2. The SMILES string of the molecule is CSc1cccc(NC(C)c2cc(O)ccc2O)c1. The quantitative estimate of drug-likeness (QED) is 0.583. The molecule has 100 valence electrons. The molecule has 3 N–H and O–H groups in total. The van der Waals surface area contributed by atoms with Crippen LogP contribution in [0.5, 0.6) is 11.5 Å². The number of rotatable bonds is 4. The first-order valence-electron chi connectivity index (χ1n) is 6.02. The lowest BCUT2D eigenvalue weighted by atomic mass is 10.1. The van der Waals surface area contributed by atoms with Gasteiger partial charge in [-0.15, -0.1) is 11.8 Å². The molecule has 19 heavy (non-hydrogen) atoms. The summed E-state index contributed by atoms with van der Waals surface area (Å²) in [6.07, 6.45) is 2.03. The largest absolute Gasteiger partial charge is 0.508 e. The Morgan fingerprint density at radius 3 is 2.63 bits per heavy atom. The normalized spacial score (nSPS) is 12.1.